The van der Waals surface area contributed by atoms with Crippen LogP contribution in [0.4, 0.5) is 15.8 Å². The Kier molecular flexibility index (Phi) is 4.56. The lowest BCUT2D eigenvalue weighted by atomic mass is 9.97. The van der Waals surface area contributed by atoms with E-state index in [0.717, 1.165) is 38.0 Å². The van der Waals surface area contributed by atoms with Crippen LogP contribution in [-0.4, -0.2) is 36.0 Å². The highest BCUT2D eigenvalue weighted by molar-refractivity contribution is 6.08. The van der Waals surface area contributed by atoms with Gasteiger partial charge in [-0.25, -0.2) is 4.39 Å². The van der Waals surface area contributed by atoms with Crippen LogP contribution >= 0.6 is 0 Å². The normalized spacial score (nSPS) is 18.7. The van der Waals surface area contributed by atoms with E-state index in [4.69, 9.17) is 0 Å². The second-order valence-corrected chi connectivity index (χ2v) is 6.96. The number of hydrogen-bond donors (Lipinski definition) is 1. The summed E-state index contributed by atoms with van der Waals surface area (Å²) in [4.78, 5) is 29.7. The number of benzene rings is 2. The number of anilines is 2. The van der Waals surface area contributed by atoms with Crippen LogP contribution in [0.5, 0.6) is 0 Å². The predicted octanol–water partition coefficient (Wildman–Crippen LogP) is 3.87. The number of nitrogens with one attached hydrogen (secondary N) is 1. The Morgan fingerprint density at radius 1 is 1.22 bits per heavy atom. The molecule has 2 amide bonds. The highest BCUT2D eigenvalue weighted by Crippen LogP contribution is 2.35. The lowest BCUT2D eigenvalue weighted by molar-refractivity contribution is 0.0582. The molecule has 1 fully saturated rings. The zero-order chi connectivity index (χ0) is 19.0. The number of halogens is 1. The molecule has 0 bridgehead atoms. The lowest BCUT2D eigenvalue weighted by Gasteiger charge is -2.47. The topological polar surface area (TPSA) is 52.7 Å². The number of hydrogen-bond acceptors (Lipinski definition) is 3. The molecule has 1 N–H and O–H groups in total. The number of carbonyl (C=O) groups is 2. The third kappa shape index (κ3) is 3.16. The summed E-state index contributed by atoms with van der Waals surface area (Å²) in [5, 5.41) is 2.71. The first-order valence-corrected chi connectivity index (χ1v) is 9.37. The SMILES string of the molecule is CCN1c2cc(C(=O)Nc3cccc(F)c3)ccc2C(=O)N2CCCC[C@H]21. The van der Waals surface area contributed by atoms with Crippen molar-refractivity contribution in [1.82, 2.24) is 4.90 Å². The Morgan fingerprint density at radius 3 is 2.85 bits per heavy atom. The average molecular weight is 367 g/mol. The van der Waals surface area contributed by atoms with Crippen LogP contribution in [0.25, 0.3) is 0 Å². The van der Waals surface area contributed by atoms with E-state index in [1.807, 2.05) is 4.90 Å². The molecule has 4 rings (SSSR count). The number of amides is 2. The Labute approximate surface area is 157 Å². The first-order chi connectivity index (χ1) is 13.1. The second kappa shape index (κ2) is 7.02. The minimum absolute atomic E-state index is 0.0384. The lowest BCUT2D eigenvalue weighted by Crippen LogP contribution is -2.57. The summed E-state index contributed by atoms with van der Waals surface area (Å²) in [5.74, 6) is -0.687. The van der Waals surface area contributed by atoms with Gasteiger partial charge in [0, 0.05) is 24.3 Å². The molecule has 1 atom stereocenters. The minimum Gasteiger partial charge on any atom is -0.351 e. The van der Waals surface area contributed by atoms with Crippen LogP contribution in [0.2, 0.25) is 0 Å². The van der Waals surface area contributed by atoms with Crippen molar-refractivity contribution < 1.29 is 14.0 Å². The predicted molar refractivity (Wildman–Crippen MR) is 102 cm³/mol. The van der Waals surface area contributed by atoms with Crippen molar-refractivity contribution in [1.29, 1.82) is 0 Å². The van der Waals surface area contributed by atoms with Gasteiger partial charge in [-0.3, -0.25) is 9.59 Å². The van der Waals surface area contributed by atoms with Gasteiger partial charge in [-0.15, -0.1) is 0 Å². The van der Waals surface area contributed by atoms with Crippen molar-refractivity contribution in [3.05, 3.63) is 59.4 Å². The van der Waals surface area contributed by atoms with Crippen LogP contribution in [-0.2, 0) is 0 Å². The van der Waals surface area contributed by atoms with Gasteiger partial charge in [0.1, 0.15) is 12.0 Å². The molecule has 140 valence electrons. The fourth-order valence-electron chi connectivity index (χ4n) is 4.03. The molecule has 2 aromatic rings. The second-order valence-electron chi connectivity index (χ2n) is 6.96. The standard InChI is InChI=1S/C21H22FN3O2/c1-2-24-18-12-14(20(26)23-16-7-5-6-15(22)13-16)9-10-17(18)21(27)25-11-4-3-8-19(24)25/h5-7,9-10,12-13,19H,2-4,8,11H2,1H3,(H,23,26)/t19-/m0/s1. The molecule has 6 heteroatoms. The minimum atomic E-state index is -0.404. The summed E-state index contributed by atoms with van der Waals surface area (Å²) in [6.07, 6.45) is 3.13. The molecule has 0 radical (unpaired) electrons. The van der Waals surface area contributed by atoms with E-state index in [-0.39, 0.29) is 18.0 Å². The molecule has 0 aromatic heterocycles. The fraction of sp³-hybridized carbons (Fsp3) is 0.333. The van der Waals surface area contributed by atoms with E-state index in [1.165, 1.54) is 12.1 Å². The van der Waals surface area contributed by atoms with E-state index >= 15 is 0 Å². The highest BCUT2D eigenvalue weighted by Gasteiger charge is 2.38. The zero-order valence-electron chi connectivity index (χ0n) is 15.2. The molecule has 27 heavy (non-hydrogen) atoms. The third-order valence-electron chi connectivity index (χ3n) is 5.31. The first-order valence-electron chi connectivity index (χ1n) is 9.37. The molecule has 0 unspecified atom stereocenters. The van der Waals surface area contributed by atoms with Gasteiger partial charge in [-0.2, -0.15) is 0 Å². The fourth-order valence-corrected chi connectivity index (χ4v) is 4.03. The third-order valence-corrected chi connectivity index (χ3v) is 5.31. The summed E-state index contributed by atoms with van der Waals surface area (Å²) < 4.78 is 13.3. The number of piperidine rings is 1. The van der Waals surface area contributed by atoms with Gasteiger partial charge < -0.3 is 15.1 Å². The van der Waals surface area contributed by atoms with Crippen LogP contribution in [0, 0.1) is 5.82 Å². The molecule has 2 heterocycles. The maximum absolute atomic E-state index is 13.3. The van der Waals surface area contributed by atoms with Crippen molar-refractivity contribution >= 4 is 23.2 Å². The molecule has 1 saturated heterocycles. The maximum Gasteiger partial charge on any atom is 0.257 e. The maximum atomic E-state index is 13.3. The van der Waals surface area contributed by atoms with E-state index in [1.54, 1.807) is 30.3 Å². The van der Waals surface area contributed by atoms with E-state index in [2.05, 4.69) is 17.1 Å². The summed E-state index contributed by atoms with van der Waals surface area (Å²) in [6, 6.07) is 11.0. The van der Waals surface area contributed by atoms with Gasteiger partial charge in [-0.1, -0.05) is 6.07 Å². The molecule has 2 aliphatic heterocycles. The average Bonchev–Trinajstić information content (AvgIpc) is 2.68. The summed E-state index contributed by atoms with van der Waals surface area (Å²) in [6.45, 7) is 3.60. The van der Waals surface area contributed by atoms with Crippen LogP contribution in [0.3, 0.4) is 0 Å². The number of nitrogens with zero attached hydrogens (tertiary/aromatic N) is 2. The van der Waals surface area contributed by atoms with Crippen molar-refractivity contribution in [3.63, 3.8) is 0 Å². The molecular formula is C21H22FN3O2. The molecule has 2 aromatic carbocycles. The Morgan fingerprint density at radius 2 is 2.07 bits per heavy atom. The summed E-state index contributed by atoms with van der Waals surface area (Å²) >= 11 is 0. The van der Waals surface area contributed by atoms with Gasteiger partial charge in [-0.05, 0) is 62.6 Å². The molecule has 5 nitrogen and oxygen atoms in total. The molecular weight excluding hydrogens is 345 g/mol. The van der Waals surface area contributed by atoms with Gasteiger partial charge in [0.25, 0.3) is 11.8 Å². The van der Waals surface area contributed by atoms with Crippen LogP contribution in [0.15, 0.2) is 42.5 Å². The van der Waals surface area contributed by atoms with Crippen molar-refractivity contribution in [3.8, 4) is 0 Å². The quantitative estimate of drug-likeness (QED) is 0.896. The molecule has 0 saturated carbocycles. The number of fused-ring (bicyclic) bond motifs is 2. The van der Waals surface area contributed by atoms with Crippen molar-refractivity contribution in [2.75, 3.05) is 23.3 Å². The van der Waals surface area contributed by atoms with Crippen molar-refractivity contribution in [2.45, 2.75) is 32.4 Å². The van der Waals surface area contributed by atoms with E-state index in [0.29, 0.717) is 16.8 Å². The van der Waals surface area contributed by atoms with E-state index < -0.39 is 5.82 Å². The van der Waals surface area contributed by atoms with E-state index in [9.17, 15) is 14.0 Å². The van der Waals surface area contributed by atoms with Crippen LogP contribution in [0.1, 0.15) is 46.9 Å². The van der Waals surface area contributed by atoms with Crippen LogP contribution < -0.4 is 10.2 Å². The largest absolute Gasteiger partial charge is 0.351 e. The Hall–Kier alpha value is -2.89. The first kappa shape index (κ1) is 17.5. The summed E-state index contributed by atoms with van der Waals surface area (Å²) in [5.41, 5.74) is 2.29. The van der Waals surface area contributed by atoms with Crippen molar-refractivity contribution in [2.24, 2.45) is 0 Å². The molecule has 0 spiro atoms. The monoisotopic (exact) mass is 367 g/mol. The number of rotatable bonds is 3. The Balaban J connectivity index is 1.66. The number of carbonyl (C=O) groups excluding carboxylic acids is 2. The Bertz CT molecular complexity index is 899. The van der Waals surface area contributed by atoms with Gasteiger partial charge in [0.05, 0.1) is 11.3 Å². The molecule has 2 aliphatic rings. The van der Waals surface area contributed by atoms with Gasteiger partial charge >= 0.3 is 0 Å². The smallest absolute Gasteiger partial charge is 0.257 e. The summed E-state index contributed by atoms with van der Waals surface area (Å²) in [7, 11) is 0. The van der Waals surface area contributed by atoms with Gasteiger partial charge in [0.15, 0.2) is 0 Å². The molecule has 0 aliphatic carbocycles. The zero-order valence-corrected chi connectivity index (χ0v) is 15.2. The highest BCUT2D eigenvalue weighted by atomic mass is 19.1. The van der Waals surface area contributed by atoms with Gasteiger partial charge in [0.2, 0.25) is 0 Å².